The van der Waals surface area contributed by atoms with Crippen molar-refractivity contribution in [3.8, 4) is 5.75 Å². The van der Waals surface area contributed by atoms with Crippen LogP contribution >= 0.6 is 15.9 Å². The van der Waals surface area contributed by atoms with Crippen LogP contribution in [0.5, 0.6) is 5.75 Å². The smallest absolute Gasteiger partial charge is 0.271 e. The fourth-order valence-electron chi connectivity index (χ4n) is 1.58. The molecule has 0 atom stereocenters. The van der Waals surface area contributed by atoms with Gasteiger partial charge in [-0.2, -0.15) is 5.10 Å². The van der Waals surface area contributed by atoms with Crippen molar-refractivity contribution in [3.63, 3.8) is 0 Å². The van der Waals surface area contributed by atoms with Crippen molar-refractivity contribution in [2.75, 3.05) is 7.11 Å². The Morgan fingerprint density at radius 2 is 2.05 bits per heavy atom. The summed E-state index contributed by atoms with van der Waals surface area (Å²) in [5.74, 6) is 0.484. The third-order valence-corrected chi connectivity index (χ3v) is 3.05. The fourth-order valence-corrected chi connectivity index (χ4v) is 1.98. The highest BCUT2D eigenvalue weighted by Gasteiger charge is 2.03. The molecule has 0 spiro atoms. The van der Waals surface area contributed by atoms with Crippen molar-refractivity contribution in [1.82, 2.24) is 5.43 Å². The van der Waals surface area contributed by atoms with E-state index in [0.29, 0.717) is 5.56 Å². The van der Waals surface area contributed by atoms with Crippen LogP contribution in [-0.4, -0.2) is 19.2 Å². The minimum absolute atomic E-state index is 0.259. The van der Waals surface area contributed by atoms with Gasteiger partial charge in [0.1, 0.15) is 5.75 Å². The first kappa shape index (κ1) is 14.3. The standard InChI is InChI=1S/C15H13BrN2O2/c1-20-14-7-2-4-11(8-14)10-17-18-15(19)12-5-3-6-13(16)9-12/h2-10H,1H3,(H,18,19)/b17-10+. The summed E-state index contributed by atoms with van der Waals surface area (Å²) in [6, 6.07) is 14.5. The van der Waals surface area contributed by atoms with E-state index in [4.69, 9.17) is 4.74 Å². The van der Waals surface area contributed by atoms with Crippen molar-refractivity contribution < 1.29 is 9.53 Å². The van der Waals surface area contributed by atoms with E-state index in [1.54, 1.807) is 31.5 Å². The summed E-state index contributed by atoms with van der Waals surface area (Å²) in [5.41, 5.74) is 3.87. The molecule has 0 bridgehead atoms. The minimum atomic E-state index is -0.259. The van der Waals surface area contributed by atoms with E-state index in [-0.39, 0.29) is 5.91 Å². The molecule has 0 aliphatic carbocycles. The van der Waals surface area contributed by atoms with Crippen LogP contribution in [-0.2, 0) is 0 Å². The van der Waals surface area contributed by atoms with Crippen molar-refractivity contribution in [2.45, 2.75) is 0 Å². The molecule has 0 saturated carbocycles. The highest BCUT2D eigenvalue weighted by Crippen LogP contribution is 2.12. The first-order valence-electron chi connectivity index (χ1n) is 5.92. The number of hydrogen-bond donors (Lipinski definition) is 1. The Balaban J connectivity index is 2.00. The minimum Gasteiger partial charge on any atom is -0.497 e. The van der Waals surface area contributed by atoms with Crippen LogP contribution < -0.4 is 10.2 Å². The lowest BCUT2D eigenvalue weighted by molar-refractivity contribution is 0.0955. The topological polar surface area (TPSA) is 50.7 Å². The molecule has 20 heavy (non-hydrogen) atoms. The molecule has 5 heteroatoms. The number of methoxy groups -OCH3 is 1. The van der Waals surface area contributed by atoms with Gasteiger partial charge in [-0.15, -0.1) is 0 Å². The molecular weight excluding hydrogens is 320 g/mol. The van der Waals surface area contributed by atoms with Crippen molar-refractivity contribution >= 4 is 28.1 Å². The molecule has 2 aromatic carbocycles. The van der Waals surface area contributed by atoms with Gasteiger partial charge in [-0.05, 0) is 35.9 Å². The number of hydrazone groups is 1. The van der Waals surface area contributed by atoms with Gasteiger partial charge < -0.3 is 4.74 Å². The van der Waals surface area contributed by atoms with Gasteiger partial charge in [0.25, 0.3) is 5.91 Å². The van der Waals surface area contributed by atoms with Crippen LogP contribution in [0, 0.1) is 0 Å². The van der Waals surface area contributed by atoms with E-state index in [9.17, 15) is 4.79 Å². The lowest BCUT2D eigenvalue weighted by atomic mass is 10.2. The van der Waals surface area contributed by atoms with Gasteiger partial charge >= 0.3 is 0 Å². The van der Waals surface area contributed by atoms with Crippen LogP contribution in [0.2, 0.25) is 0 Å². The summed E-state index contributed by atoms with van der Waals surface area (Å²) in [7, 11) is 1.60. The van der Waals surface area contributed by atoms with Gasteiger partial charge in [-0.1, -0.05) is 34.1 Å². The number of halogens is 1. The lowest BCUT2D eigenvalue weighted by Gasteiger charge is -2.01. The molecule has 1 N–H and O–H groups in total. The first-order valence-corrected chi connectivity index (χ1v) is 6.71. The van der Waals surface area contributed by atoms with E-state index in [1.807, 2.05) is 30.3 Å². The van der Waals surface area contributed by atoms with E-state index in [2.05, 4.69) is 26.5 Å². The van der Waals surface area contributed by atoms with Crippen molar-refractivity contribution in [2.24, 2.45) is 5.10 Å². The van der Waals surface area contributed by atoms with Crippen LogP contribution in [0.15, 0.2) is 58.1 Å². The Kier molecular flexibility index (Phi) is 4.90. The predicted molar refractivity (Wildman–Crippen MR) is 82.2 cm³/mol. The van der Waals surface area contributed by atoms with Gasteiger partial charge in [0.05, 0.1) is 13.3 Å². The second-order valence-corrected chi connectivity index (χ2v) is 4.90. The summed E-state index contributed by atoms with van der Waals surface area (Å²) < 4.78 is 5.96. The first-order chi connectivity index (χ1) is 9.69. The third-order valence-electron chi connectivity index (χ3n) is 2.56. The molecule has 1 amide bonds. The lowest BCUT2D eigenvalue weighted by Crippen LogP contribution is -2.17. The molecular formula is C15H13BrN2O2. The average molecular weight is 333 g/mol. The number of nitrogens with zero attached hydrogens (tertiary/aromatic N) is 1. The predicted octanol–water partition coefficient (Wildman–Crippen LogP) is 3.22. The summed E-state index contributed by atoms with van der Waals surface area (Å²) >= 11 is 3.32. The van der Waals surface area contributed by atoms with Crippen molar-refractivity contribution in [1.29, 1.82) is 0 Å². The van der Waals surface area contributed by atoms with Crippen LogP contribution in [0.25, 0.3) is 0 Å². The number of rotatable bonds is 4. The maximum atomic E-state index is 11.8. The summed E-state index contributed by atoms with van der Waals surface area (Å²) in [4.78, 5) is 11.8. The van der Waals surface area contributed by atoms with Gasteiger partial charge in [0, 0.05) is 10.0 Å². The summed E-state index contributed by atoms with van der Waals surface area (Å²) in [5, 5.41) is 3.93. The molecule has 0 saturated heterocycles. The Morgan fingerprint density at radius 1 is 1.25 bits per heavy atom. The quantitative estimate of drug-likeness (QED) is 0.690. The van der Waals surface area contributed by atoms with Gasteiger partial charge in [0.15, 0.2) is 0 Å². The zero-order chi connectivity index (χ0) is 14.4. The number of carbonyl (C=O) groups is 1. The normalized spacial score (nSPS) is 10.5. The van der Waals surface area contributed by atoms with Crippen LogP contribution in [0.1, 0.15) is 15.9 Å². The number of amides is 1. The number of nitrogens with one attached hydrogen (secondary N) is 1. The zero-order valence-electron chi connectivity index (χ0n) is 10.8. The Bertz CT molecular complexity index is 641. The monoisotopic (exact) mass is 332 g/mol. The molecule has 0 aromatic heterocycles. The molecule has 0 fully saturated rings. The van der Waals surface area contributed by atoms with E-state index >= 15 is 0 Å². The molecule has 0 radical (unpaired) electrons. The number of hydrogen-bond acceptors (Lipinski definition) is 3. The molecule has 4 nitrogen and oxygen atoms in total. The fraction of sp³-hybridized carbons (Fsp3) is 0.0667. The molecule has 2 rings (SSSR count). The van der Waals surface area contributed by atoms with E-state index < -0.39 is 0 Å². The van der Waals surface area contributed by atoms with Gasteiger partial charge in [0.2, 0.25) is 0 Å². The van der Waals surface area contributed by atoms with Crippen LogP contribution in [0.3, 0.4) is 0 Å². The zero-order valence-corrected chi connectivity index (χ0v) is 12.4. The van der Waals surface area contributed by atoms with E-state index in [1.165, 1.54) is 0 Å². The maximum Gasteiger partial charge on any atom is 0.271 e. The van der Waals surface area contributed by atoms with Crippen LogP contribution in [0.4, 0.5) is 0 Å². The molecule has 0 aliphatic heterocycles. The Hall–Kier alpha value is -2.14. The highest BCUT2D eigenvalue weighted by atomic mass is 79.9. The SMILES string of the molecule is COc1cccc(/C=N/NC(=O)c2cccc(Br)c2)c1. The highest BCUT2D eigenvalue weighted by molar-refractivity contribution is 9.10. The van der Waals surface area contributed by atoms with E-state index in [0.717, 1.165) is 15.8 Å². The summed E-state index contributed by atoms with van der Waals surface area (Å²) in [6.07, 6.45) is 1.57. The average Bonchev–Trinajstić information content (AvgIpc) is 2.47. The largest absolute Gasteiger partial charge is 0.497 e. The summed E-state index contributed by atoms with van der Waals surface area (Å²) in [6.45, 7) is 0. The molecule has 0 aliphatic rings. The van der Waals surface area contributed by atoms with Gasteiger partial charge in [-0.25, -0.2) is 5.43 Å². The van der Waals surface area contributed by atoms with Crippen molar-refractivity contribution in [3.05, 3.63) is 64.1 Å². The number of benzene rings is 2. The second-order valence-electron chi connectivity index (χ2n) is 3.99. The Morgan fingerprint density at radius 3 is 2.80 bits per heavy atom. The Labute approximate surface area is 125 Å². The molecule has 2 aromatic rings. The number of carbonyl (C=O) groups excluding carboxylic acids is 1. The molecule has 0 heterocycles. The number of ether oxygens (including phenoxy) is 1. The maximum absolute atomic E-state index is 11.8. The molecule has 102 valence electrons. The molecule has 0 unspecified atom stereocenters. The third kappa shape index (κ3) is 3.93. The van der Waals surface area contributed by atoms with Gasteiger partial charge in [-0.3, -0.25) is 4.79 Å². The second kappa shape index (κ2) is 6.86.